The number of halogens is 2. The molecule has 6 nitrogen and oxygen atoms in total. The molecule has 0 unspecified atom stereocenters. The van der Waals surface area contributed by atoms with Crippen LogP contribution in [-0.2, 0) is 4.74 Å². The van der Waals surface area contributed by atoms with Gasteiger partial charge in [0.25, 0.3) is 5.69 Å². The van der Waals surface area contributed by atoms with Crippen molar-refractivity contribution < 1.29 is 14.1 Å². The lowest BCUT2D eigenvalue weighted by Crippen LogP contribution is -2.25. The molecule has 0 amide bonds. The number of methoxy groups -OCH3 is 1. The van der Waals surface area contributed by atoms with Gasteiger partial charge in [-0.3, -0.25) is 10.1 Å². The Morgan fingerprint density at radius 2 is 2.16 bits per heavy atom. The van der Waals surface area contributed by atoms with E-state index in [-0.39, 0.29) is 16.4 Å². The van der Waals surface area contributed by atoms with Crippen LogP contribution in [0.3, 0.4) is 0 Å². The molecule has 0 aliphatic heterocycles. The van der Waals surface area contributed by atoms with Gasteiger partial charge < -0.3 is 15.4 Å². The monoisotopic (exact) mass is 291 g/mol. The van der Waals surface area contributed by atoms with E-state index in [2.05, 4.69) is 10.6 Å². The van der Waals surface area contributed by atoms with Crippen molar-refractivity contribution in [3.05, 3.63) is 33.1 Å². The minimum atomic E-state index is -0.808. The highest BCUT2D eigenvalue weighted by Gasteiger charge is 2.17. The van der Waals surface area contributed by atoms with E-state index >= 15 is 0 Å². The van der Waals surface area contributed by atoms with Crippen molar-refractivity contribution in [2.75, 3.05) is 38.7 Å². The molecule has 0 aromatic heterocycles. The summed E-state index contributed by atoms with van der Waals surface area (Å²) >= 11 is 5.60. The molecule has 0 saturated carbocycles. The Morgan fingerprint density at radius 3 is 2.79 bits per heavy atom. The lowest BCUT2D eigenvalue weighted by atomic mass is 10.2. The number of ether oxygens (including phenoxy) is 1. The van der Waals surface area contributed by atoms with E-state index in [0.717, 1.165) is 6.07 Å². The molecule has 8 heteroatoms. The standard InChI is InChI=1S/C11H15ClFN3O3/c1-19-5-4-14-2-3-15-10-6-8(12)9(13)7-11(10)16(17)18/h6-7,14-15H,2-5H2,1H3. The molecule has 19 heavy (non-hydrogen) atoms. The SMILES string of the molecule is COCCNCCNc1cc(Cl)c(F)cc1[N+](=O)[O-]. The lowest BCUT2D eigenvalue weighted by Gasteiger charge is -2.09. The zero-order chi connectivity index (χ0) is 14.3. The Balaban J connectivity index is 2.57. The normalized spacial score (nSPS) is 10.5. The molecule has 0 atom stereocenters. The second kappa shape index (κ2) is 7.88. The number of rotatable bonds is 8. The summed E-state index contributed by atoms with van der Waals surface area (Å²) in [6.45, 7) is 2.31. The Bertz CT molecular complexity index is 445. The molecule has 0 aliphatic carbocycles. The number of anilines is 1. The van der Waals surface area contributed by atoms with Crippen LogP contribution in [0.2, 0.25) is 5.02 Å². The minimum Gasteiger partial charge on any atom is -0.383 e. The summed E-state index contributed by atoms with van der Waals surface area (Å²) in [5.41, 5.74) is -0.135. The summed E-state index contributed by atoms with van der Waals surface area (Å²) in [6.07, 6.45) is 0. The first kappa shape index (κ1) is 15.6. The highest BCUT2D eigenvalue weighted by molar-refractivity contribution is 6.31. The van der Waals surface area contributed by atoms with Crippen molar-refractivity contribution in [3.8, 4) is 0 Å². The number of hydrogen-bond acceptors (Lipinski definition) is 5. The molecule has 0 bridgehead atoms. The fraction of sp³-hybridized carbons (Fsp3) is 0.455. The smallest absolute Gasteiger partial charge is 0.295 e. The Kier molecular flexibility index (Phi) is 6.48. The van der Waals surface area contributed by atoms with Crippen LogP contribution in [0.5, 0.6) is 0 Å². The molecular weight excluding hydrogens is 277 g/mol. The van der Waals surface area contributed by atoms with Gasteiger partial charge in [0, 0.05) is 26.7 Å². The summed E-state index contributed by atoms with van der Waals surface area (Å²) < 4.78 is 18.0. The third-order valence-corrected chi connectivity index (χ3v) is 2.63. The Labute approximate surface area is 115 Å². The molecule has 1 aromatic rings. The number of nitrogens with one attached hydrogen (secondary N) is 2. The van der Waals surface area contributed by atoms with Crippen molar-refractivity contribution in [1.29, 1.82) is 0 Å². The second-order valence-electron chi connectivity index (χ2n) is 3.71. The Hall–Kier alpha value is -1.44. The molecule has 2 N–H and O–H groups in total. The van der Waals surface area contributed by atoms with Crippen LogP contribution in [0.25, 0.3) is 0 Å². The van der Waals surface area contributed by atoms with E-state index in [1.807, 2.05) is 0 Å². The van der Waals surface area contributed by atoms with Gasteiger partial charge in [-0.1, -0.05) is 11.6 Å². The molecule has 0 heterocycles. The molecule has 106 valence electrons. The number of benzene rings is 1. The summed E-state index contributed by atoms with van der Waals surface area (Å²) in [6, 6.07) is 2.02. The summed E-state index contributed by atoms with van der Waals surface area (Å²) in [4.78, 5) is 10.1. The van der Waals surface area contributed by atoms with Crippen LogP contribution in [0.1, 0.15) is 0 Å². The van der Waals surface area contributed by atoms with E-state index in [1.165, 1.54) is 6.07 Å². The van der Waals surface area contributed by atoms with Crippen molar-refractivity contribution in [3.63, 3.8) is 0 Å². The van der Waals surface area contributed by atoms with Gasteiger partial charge in [-0.05, 0) is 6.07 Å². The maximum absolute atomic E-state index is 13.2. The third kappa shape index (κ3) is 4.98. The van der Waals surface area contributed by atoms with Crippen LogP contribution in [0.15, 0.2) is 12.1 Å². The summed E-state index contributed by atoms with van der Waals surface area (Å²) in [5, 5.41) is 16.5. The van der Waals surface area contributed by atoms with Gasteiger partial charge in [-0.15, -0.1) is 0 Å². The zero-order valence-corrected chi connectivity index (χ0v) is 11.2. The van der Waals surface area contributed by atoms with Gasteiger partial charge >= 0.3 is 0 Å². The highest BCUT2D eigenvalue weighted by atomic mass is 35.5. The van der Waals surface area contributed by atoms with Gasteiger partial charge in [0.2, 0.25) is 0 Å². The fourth-order valence-corrected chi connectivity index (χ4v) is 1.58. The molecule has 0 radical (unpaired) electrons. The number of nitrogens with zero attached hydrogens (tertiary/aromatic N) is 1. The summed E-state index contributed by atoms with van der Waals surface area (Å²) in [7, 11) is 1.60. The van der Waals surface area contributed by atoms with Gasteiger partial charge in [0.1, 0.15) is 11.5 Å². The van der Waals surface area contributed by atoms with E-state index in [4.69, 9.17) is 16.3 Å². The van der Waals surface area contributed by atoms with Gasteiger partial charge in [0.15, 0.2) is 0 Å². The lowest BCUT2D eigenvalue weighted by molar-refractivity contribution is -0.384. The Morgan fingerprint density at radius 1 is 1.42 bits per heavy atom. The summed E-state index contributed by atoms with van der Waals surface area (Å²) in [5.74, 6) is -0.808. The van der Waals surface area contributed by atoms with Crippen LogP contribution < -0.4 is 10.6 Å². The molecule has 1 aromatic carbocycles. The van der Waals surface area contributed by atoms with E-state index in [9.17, 15) is 14.5 Å². The van der Waals surface area contributed by atoms with Crippen LogP contribution >= 0.6 is 11.6 Å². The first-order chi connectivity index (χ1) is 9.06. The third-order valence-electron chi connectivity index (χ3n) is 2.34. The predicted octanol–water partition coefficient (Wildman–Crippen LogP) is 2.04. The molecule has 0 aliphatic rings. The molecule has 0 saturated heterocycles. The number of nitro benzene ring substituents is 1. The number of nitro groups is 1. The second-order valence-corrected chi connectivity index (χ2v) is 4.12. The van der Waals surface area contributed by atoms with Crippen molar-refractivity contribution in [1.82, 2.24) is 5.32 Å². The van der Waals surface area contributed by atoms with Crippen LogP contribution in [-0.4, -0.2) is 38.3 Å². The fourth-order valence-electron chi connectivity index (χ4n) is 1.41. The zero-order valence-electron chi connectivity index (χ0n) is 10.4. The molecular formula is C11H15ClFN3O3. The van der Waals surface area contributed by atoms with Crippen LogP contribution in [0.4, 0.5) is 15.8 Å². The minimum absolute atomic E-state index is 0.152. The maximum Gasteiger partial charge on any atom is 0.295 e. The topological polar surface area (TPSA) is 76.4 Å². The van der Waals surface area contributed by atoms with Gasteiger partial charge in [0.05, 0.1) is 22.6 Å². The van der Waals surface area contributed by atoms with Gasteiger partial charge in [-0.25, -0.2) is 4.39 Å². The van der Waals surface area contributed by atoms with Gasteiger partial charge in [-0.2, -0.15) is 0 Å². The highest BCUT2D eigenvalue weighted by Crippen LogP contribution is 2.29. The van der Waals surface area contributed by atoms with Crippen molar-refractivity contribution in [2.45, 2.75) is 0 Å². The van der Waals surface area contributed by atoms with E-state index in [0.29, 0.717) is 26.2 Å². The largest absolute Gasteiger partial charge is 0.383 e. The average Bonchev–Trinajstić information content (AvgIpc) is 2.37. The quantitative estimate of drug-likeness (QED) is 0.435. The van der Waals surface area contributed by atoms with E-state index in [1.54, 1.807) is 7.11 Å². The predicted molar refractivity (Wildman–Crippen MR) is 71.3 cm³/mol. The first-order valence-corrected chi connectivity index (χ1v) is 6.01. The van der Waals surface area contributed by atoms with Crippen molar-refractivity contribution in [2.24, 2.45) is 0 Å². The van der Waals surface area contributed by atoms with Crippen molar-refractivity contribution >= 4 is 23.0 Å². The number of hydrogen-bond donors (Lipinski definition) is 2. The van der Waals surface area contributed by atoms with E-state index < -0.39 is 10.7 Å². The van der Waals surface area contributed by atoms with Crippen LogP contribution in [0, 0.1) is 15.9 Å². The molecule has 1 rings (SSSR count). The molecule has 0 fully saturated rings. The molecule has 0 spiro atoms. The maximum atomic E-state index is 13.2. The average molecular weight is 292 g/mol. The first-order valence-electron chi connectivity index (χ1n) is 5.63.